The third-order valence-corrected chi connectivity index (χ3v) is 8.36. The minimum absolute atomic E-state index is 0.344. The molecule has 7 rings (SSSR count). The Kier molecular flexibility index (Phi) is 5.70. The van der Waals surface area contributed by atoms with Gasteiger partial charge in [-0.3, -0.25) is 4.99 Å². The lowest BCUT2D eigenvalue weighted by Gasteiger charge is -2.11. The molecule has 2 N–H and O–H groups in total. The van der Waals surface area contributed by atoms with Crippen LogP contribution in [0.1, 0.15) is 49.4 Å². The van der Waals surface area contributed by atoms with Crippen molar-refractivity contribution in [2.24, 2.45) is 4.99 Å². The first-order valence-corrected chi connectivity index (χ1v) is 13.6. The van der Waals surface area contributed by atoms with Crippen molar-refractivity contribution in [3.8, 4) is 22.4 Å². The molecule has 1 aromatic heterocycles. The summed E-state index contributed by atoms with van der Waals surface area (Å²) >= 11 is 0. The lowest BCUT2D eigenvalue weighted by atomic mass is 9.95. The van der Waals surface area contributed by atoms with E-state index in [2.05, 4.69) is 84.1 Å². The average molecular weight is 497 g/mol. The second-order valence-electron chi connectivity index (χ2n) is 11.1. The Hall–Kier alpha value is -4.02. The van der Waals surface area contributed by atoms with Crippen LogP contribution in [0, 0.1) is 0 Å². The van der Waals surface area contributed by atoms with Crippen molar-refractivity contribution >= 4 is 22.1 Å². The Morgan fingerprint density at radius 3 is 2.26 bits per heavy atom. The summed E-state index contributed by atoms with van der Waals surface area (Å²) in [5.74, 6) is 1.57. The number of benzene rings is 3. The van der Waals surface area contributed by atoms with Crippen molar-refractivity contribution in [2.75, 3.05) is 6.54 Å². The number of aliphatic imine (C=N–C) groups is 1. The van der Waals surface area contributed by atoms with Crippen LogP contribution >= 0.6 is 0 Å². The molecule has 1 aliphatic carbocycles. The molecule has 2 fully saturated rings. The molecule has 0 radical (unpaired) electrons. The van der Waals surface area contributed by atoms with Crippen molar-refractivity contribution in [1.82, 2.24) is 15.3 Å². The van der Waals surface area contributed by atoms with Gasteiger partial charge in [0, 0.05) is 42.4 Å². The van der Waals surface area contributed by atoms with Gasteiger partial charge < -0.3 is 10.3 Å². The van der Waals surface area contributed by atoms with Crippen LogP contribution in [0.2, 0.25) is 0 Å². The van der Waals surface area contributed by atoms with Crippen LogP contribution in [-0.2, 0) is 0 Å². The highest BCUT2D eigenvalue weighted by Crippen LogP contribution is 2.37. The summed E-state index contributed by atoms with van der Waals surface area (Å²) < 4.78 is 0. The number of nitrogens with one attached hydrogen (secondary N) is 2. The Labute approximate surface area is 223 Å². The van der Waals surface area contributed by atoms with Crippen LogP contribution in [0.15, 0.2) is 102 Å². The fourth-order valence-electron chi connectivity index (χ4n) is 6.10. The molecule has 4 heteroatoms. The summed E-state index contributed by atoms with van der Waals surface area (Å²) in [7, 11) is 0. The zero-order chi connectivity index (χ0) is 25.6. The number of aromatic amines is 1. The van der Waals surface area contributed by atoms with Crippen LogP contribution in [0.4, 0.5) is 0 Å². The number of rotatable bonds is 5. The van der Waals surface area contributed by atoms with E-state index in [0.717, 1.165) is 50.2 Å². The van der Waals surface area contributed by atoms with Gasteiger partial charge in [-0.05, 0) is 70.9 Å². The van der Waals surface area contributed by atoms with Crippen LogP contribution in [0.25, 0.3) is 38.7 Å². The Morgan fingerprint density at radius 2 is 1.53 bits per heavy atom. The quantitative estimate of drug-likeness (QED) is 0.277. The summed E-state index contributed by atoms with van der Waals surface area (Å²) in [6.45, 7) is 9.15. The van der Waals surface area contributed by atoms with Gasteiger partial charge in [0.2, 0.25) is 0 Å². The lowest BCUT2D eigenvalue weighted by Crippen LogP contribution is -2.29. The number of hydrogen-bond donors (Lipinski definition) is 2. The third kappa shape index (κ3) is 4.35. The van der Waals surface area contributed by atoms with Gasteiger partial charge in [0.1, 0.15) is 5.82 Å². The minimum atomic E-state index is 0.344. The standard InChI is InChI=1S/C34H32N4/c1-21-3-4-29(13-21)34-37-20-33(38-34)28-12-11-26-15-25(9-10-27(26)16-28)23-5-7-24(8-6-23)30-17-32(36-19-30)31-14-22(2)18-35-31/h5-12,15-16,19-20,29,31,35H,1-4,13-14,17-18H2,(H,37,38)/t29-,31-/m0/s1. The molecule has 4 aromatic rings. The largest absolute Gasteiger partial charge is 0.342 e. The van der Waals surface area contributed by atoms with Crippen LogP contribution in [0.5, 0.6) is 0 Å². The van der Waals surface area contributed by atoms with E-state index >= 15 is 0 Å². The molecule has 4 nitrogen and oxygen atoms in total. The molecule has 2 atom stereocenters. The second-order valence-corrected chi connectivity index (χ2v) is 11.1. The number of imidazole rings is 1. The SMILES string of the molecule is C=C1CC[C@H](c2ncc(-c3ccc4cc(-c5ccc(C6=CN=C([C@@H]7CC(=C)CN7)C6)cc5)ccc4c3)[nH]2)C1. The molecule has 2 aliphatic heterocycles. The van der Waals surface area contributed by atoms with Gasteiger partial charge in [0.25, 0.3) is 0 Å². The molecule has 0 spiro atoms. The Bertz CT molecular complexity index is 1630. The van der Waals surface area contributed by atoms with Gasteiger partial charge >= 0.3 is 0 Å². The highest BCUT2D eigenvalue weighted by molar-refractivity contribution is 6.02. The smallest absolute Gasteiger partial charge is 0.109 e. The predicted molar refractivity (Wildman–Crippen MR) is 158 cm³/mol. The molecular weight excluding hydrogens is 464 g/mol. The fraction of sp³-hybridized carbons (Fsp3) is 0.235. The summed E-state index contributed by atoms with van der Waals surface area (Å²) in [6.07, 6.45) is 9.24. The van der Waals surface area contributed by atoms with E-state index < -0.39 is 0 Å². The predicted octanol–water partition coefficient (Wildman–Crippen LogP) is 7.82. The highest BCUT2D eigenvalue weighted by atomic mass is 15.0. The van der Waals surface area contributed by atoms with E-state index in [9.17, 15) is 0 Å². The molecule has 0 amide bonds. The van der Waals surface area contributed by atoms with Crippen LogP contribution in [0.3, 0.4) is 0 Å². The van der Waals surface area contributed by atoms with E-state index in [0.29, 0.717) is 12.0 Å². The van der Waals surface area contributed by atoms with Gasteiger partial charge in [-0.15, -0.1) is 0 Å². The van der Waals surface area contributed by atoms with E-state index in [1.807, 2.05) is 12.4 Å². The first kappa shape index (κ1) is 23.1. The maximum Gasteiger partial charge on any atom is 0.109 e. The highest BCUT2D eigenvalue weighted by Gasteiger charge is 2.25. The van der Waals surface area contributed by atoms with Crippen LogP contribution in [-0.4, -0.2) is 28.3 Å². The van der Waals surface area contributed by atoms with Crippen LogP contribution < -0.4 is 5.32 Å². The molecule has 1 saturated heterocycles. The third-order valence-electron chi connectivity index (χ3n) is 8.36. The van der Waals surface area contributed by atoms with E-state index in [1.165, 1.54) is 55.5 Å². The van der Waals surface area contributed by atoms with Gasteiger partial charge in [-0.2, -0.15) is 0 Å². The van der Waals surface area contributed by atoms with Gasteiger partial charge in [-0.1, -0.05) is 72.8 Å². The molecule has 3 aromatic carbocycles. The summed E-state index contributed by atoms with van der Waals surface area (Å²) in [5.41, 5.74) is 11.1. The van der Waals surface area contributed by atoms with Crippen molar-refractivity contribution in [3.63, 3.8) is 0 Å². The number of hydrogen-bond acceptors (Lipinski definition) is 3. The zero-order valence-electron chi connectivity index (χ0n) is 21.6. The Morgan fingerprint density at radius 1 is 0.789 bits per heavy atom. The topological polar surface area (TPSA) is 53.1 Å². The lowest BCUT2D eigenvalue weighted by molar-refractivity contribution is 0.686. The molecule has 1 saturated carbocycles. The average Bonchev–Trinajstić information content (AvgIpc) is 3.75. The number of nitrogens with zero attached hydrogens (tertiary/aromatic N) is 2. The van der Waals surface area contributed by atoms with Gasteiger partial charge in [-0.25, -0.2) is 4.98 Å². The molecular formula is C34H32N4. The first-order valence-electron chi connectivity index (χ1n) is 13.6. The number of aromatic nitrogens is 2. The van der Waals surface area contributed by atoms with Gasteiger partial charge in [0.05, 0.1) is 11.9 Å². The molecule has 188 valence electrons. The van der Waals surface area contributed by atoms with E-state index in [4.69, 9.17) is 9.98 Å². The van der Waals surface area contributed by atoms with Crippen molar-refractivity contribution in [3.05, 3.63) is 109 Å². The maximum atomic E-state index is 4.72. The van der Waals surface area contributed by atoms with Gasteiger partial charge in [0.15, 0.2) is 0 Å². The molecule has 0 bridgehead atoms. The van der Waals surface area contributed by atoms with Crippen molar-refractivity contribution in [1.29, 1.82) is 0 Å². The maximum absolute atomic E-state index is 4.72. The monoisotopic (exact) mass is 496 g/mol. The Balaban J connectivity index is 1.06. The minimum Gasteiger partial charge on any atom is -0.342 e. The molecule has 38 heavy (non-hydrogen) atoms. The van der Waals surface area contributed by atoms with Crippen molar-refractivity contribution in [2.45, 2.75) is 44.1 Å². The number of H-pyrrole nitrogens is 1. The second kappa shape index (κ2) is 9.38. The molecule has 0 unspecified atom stereocenters. The van der Waals surface area contributed by atoms with Crippen molar-refractivity contribution < 1.29 is 0 Å². The first-order chi connectivity index (χ1) is 18.6. The van der Waals surface area contributed by atoms with E-state index in [1.54, 1.807) is 0 Å². The number of fused-ring (bicyclic) bond motifs is 1. The van der Waals surface area contributed by atoms with E-state index in [-0.39, 0.29) is 0 Å². The fourth-order valence-corrected chi connectivity index (χ4v) is 6.10. The number of allylic oxidation sites excluding steroid dienone is 2. The normalized spacial score (nSPS) is 21.4. The summed E-state index contributed by atoms with van der Waals surface area (Å²) in [6, 6.07) is 22.6. The molecule has 3 aliphatic rings. The molecule has 3 heterocycles. The zero-order valence-corrected chi connectivity index (χ0v) is 21.6. The summed E-state index contributed by atoms with van der Waals surface area (Å²) in [5, 5.41) is 5.99. The summed E-state index contributed by atoms with van der Waals surface area (Å²) in [4.78, 5) is 13.0.